The lowest BCUT2D eigenvalue weighted by Crippen LogP contribution is -2.39. The number of rotatable bonds is 5. The maximum atomic E-state index is 13.7. The number of ether oxygens (including phenoxy) is 1. The summed E-state index contributed by atoms with van der Waals surface area (Å²) in [6, 6.07) is 6.75. The number of nitrogens with zero attached hydrogens (tertiary/aromatic N) is 5. The van der Waals surface area contributed by atoms with Gasteiger partial charge in [-0.3, -0.25) is 9.58 Å². The average Bonchev–Trinajstić information content (AvgIpc) is 3.23. The molecule has 130 valence electrons. The van der Waals surface area contributed by atoms with Gasteiger partial charge in [0.05, 0.1) is 17.4 Å². The number of aromatic nitrogens is 4. The first-order chi connectivity index (χ1) is 12.2. The van der Waals surface area contributed by atoms with Gasteiger partial charge in [0.1, 0.15) is 12.4 Å². The van der Waals surface area contributed by atoms with E-state index >= 15 is 0 Å². The van der Waals surface area contributed by atoms with Crippen molar-refractivity contribution in [2.24, 2.45) is 0 Å². The van der Waals surface area contributed by atoms with Gasteiger partial charge in [-0.1, -0.05) is 5.16 Å². The van der Waals surface area contributed by atoms with Crippen LogP contribution in [0.3, 0.4) is 0 Å². The zero-order valence-corrected chi connectivity index (χ0v) is 13.8. The van der Waals surface area contributed by atoms with Gasteiger partial charge < -0.3 is 9.26 Å². The van der Waals surface area contributed by atoms with Gasteiger partial charge >= 0.3 is 0 Å². The van der Waals surface area contributed by atoms with Crippen LogP contribution < -0.4 is 4.74 Å². The summed E-state index contributed by atoms with van der Waals surface area (Å²) < 4.78 is 26.4. The van der Waals surface area contributed by atoms with Gasteiger partial charge in [-0.05, 0) is 25.1 Å². The zero-order valence-electron chi connectivity index (χ0n) is 13.8. The van der Waals surface area contributed by atoms with Crippen LogP contribution in [0.4, 0.5) is 4.39 Å². The second-order valence-electron chi connectivity index (χ2n) is 6.12. The number of halogens is 1. The Morgan fingerprint density at radius 3 is 3.08 bits per heavy atom. The molecule has 3 aromatic heterocycles. The van der Waals surface area contributed by atoms with Crippen molar-refractivity contribution in [2.45, 2.75) is 26.1 Å². The van der Waals surface area contributed by atoms with Gasteiger partial charge in [-0.25, -0.2) is 9.37 Å². The van der Waals surface area contributed by atoms with Crippen molar-refractivity contribution in [1.82, 2.24) is 24.8 Å². The van der Waals surface area contributed by atoms with E-state index in [4.69, 9.17) is 9.26 Å². The Hall–Kier alpha value is -2.74. The maximum absolute atomic E-state index is 13.7. The van der Waals surface area contributed by atoms with Crippen molar-refractivity contribution in [3.8, 4) is 5.88 Å². The third-order valence-electron chi connectivity index (χ3n) is 4.15. The fraction of sp³-hybridized carbons (Fsp3) is 0.353. The molecule has 0 saturated carbocycles. The summed E-state index contributed by atoms with van der Waals surface area (Å²) in [5, 5.41) is 8.43. The fourth-order valence-corrected chi connectivity index (χ4v) is 3.08. The van der Waals surface area contributed by atoms with Crippen LogP contribution in [0.15, 0.2) is 41.2 Å². The van der Waals surface area contributed by atoms with Crippen LogP contribution in [-0.4, -0.2) is 38.0 Å². The molecule has 1 aliphatic heterocycles. The molecule has 1 atom stereocenters. The summed E-state index contributed by atoms with van der Waals surface area (Å²) in [4.78, 5) is 6.18. The first-order valence-corrected chi connectivity index (χ1v) is 8.09. The molecule has 0 bridgehead atoms. The molecule has 0 spiro atoms. The first-order valence-electron chi connectivity index (χ1n) is 8.09. The van der Waals surface area contributed by atoms with E-state index in [-0.39, 0.29) is 18.5 Å². The van der Waals surface area contributed by atoms with Crippen LogP contribution in [0.5, 0.6) is 5.88 Å². The summed E-state index contributed by atoms with van der Waals surface area (Å²) >= 11 is 0. The third-order valence-corrected chi connectivity index (χ3v) is 4.15. The Kier molecular flexibility index (Phi) is 4.19. The van der Waals surface area contributed by atoms with E-state index in [2.05, 4.69) is 20.1 Å². The van der Waals surface area contributed by atoms with Crippen LogP contribution in [0.25, 0.3) is 0 Å². The molecule has 1 unspecified atom stereocenters. The van der Waals surface area contributed by atoms with Gasteiger partial charge in [0.2, 0.25) is 5.88 Å². The van der Waals surface area contributed by atoms with E-state index in [1.807, 2.05) is 23.7 Å². The van der Waals surface area contributed by atoms with Gasteiger partial charge in [0, 0.05) is 38.1 Å². The van der Waals surface area contributed by atoms with E-state index in [1.165, 1.54) is 18.3 Å². The minimum Gasteiger partial charge on any atom is -0.473 e. The number of hydrogen-bond donors (Lipinski definition) is 0. The molecule has 0 N–H and O–H groups in total. The summed E-state index contributed by atoms with van der Waals surface area (Å²) in [5.74, 6) is 0.344. The molecular formula is C17H18FN5O2. The van der Waals surface area contributed by atoms with E-state index < -0.39 is 5.82 Å². The van der Waals surface area contributed by atoms with Crippen molar-refractivity contribution < 1.29 is 13.7 Å². The molecule has 0 saturated heterocycles. The molecule has 0 fully saturated rings. The molecule has 4 heterocycles. The second kappa shape index (κ2) is 6.64. The molecule has 1 aliphatic rings. The highest BCUT2D eigenvalue weighted by molar-refractivity contribution is 5.13. The lowest BCUT2D eigenvalue weighted by atomic mass is 10.2. The SMILES string of the molecule is Cc1cc(CN2Cc3ccnn3C(COc3ncccc3F)C2)no1. The maximum Gasteiger partial charge on any atom is 0.250 e. The molecule has 4 rings (SSSR count). The van der Waals surface area contributed by atoms with Gasteiger partial charge in [0.15, 0.2) is 5.82 Å². The van der Waals surface area contributed by atoms with Crippen LogP contribution >= 0.6 is 0 Å². The molecule has 0 amide bonds. The Morgan fingerprint density at radius 1 is 1.36 bits per heavy atom. The Bertz CT molecular complexity index is 862. The highest BCUT2D eigenvalue weighted by Gasteiger charge is 2.27. The minimum absolute atomic E-state index is 0.0143. The van der Waals surface area contributed by atoms with Crippen LogP contribution in [0.2, 0.25) is 0 Å². The fourth-order valence-electron chi connectivity index (χ4n) is 3.08. The Labute approximate surface area is 144 Å². The Balaban J connectivity index is 1.48. The summed E-state index contributed by atoms with van der Waals surface area (Å²) in [6.07, 6.45) is 3.28. The summed E-state index contributed by atoms with van der Waals surface area (Å²) in [6.45, 7) is 4.32. The molecule has 3 aromatic rings. The normalized spacial score (nSPS) is 17.4. The molecular weight excluding hydrogens is 325 g/mol. The lowest BCUT2D eigenvalue weighted by molar-refractivity contribution is 0.121. The minimum atomic E-state index is -0.464. The zero-order chi connectivity index (χ0) is 17.2. The van der Waals surface area contributed by atoms with E-state index in [0.717, 1.165) is 30.2 Å². The number of hydrogen-bond acceptors (Lipinski definition) is 6. The molecule has 0 radical (unpaired) electrons. The van der Waals surface area contributed by atoms with Gasteiger partial charge in [-0.15, -0.1) is 0 Å². The van der Waals surface area contributed by atoms with E-state index in [0.29, 0.717) is 6.54 Å². The predicted molar refractivity (Wildman–Crippen MR) is 86.3 cm³/mol. The van der Waals surface area contributed by atoms with Crippen molar-refractivity contribution in [3.05, 3.63) is 59.6 Å². The molecule has 0 aromatic carbocycles. The largest absolute Gasteiger partial charge is 0.473 e. The predicted octanol–water partition coefficient (Wildman–Crippen LogP) is 2.35. The number of pyridine rings is 1. The Morgan fingerprint density at radius 2 is 2.28 bits per heavy atom. The second-order valence-corrected chi connectivity index (χ2v) is 6.12. The van der Waals surface area contributed by atoms with Crippen LogP contribution in [0.1, 0.15) is 23.2 Å². The van der Waals surface area contributed by atoms with Crippen molar-refractivity contribution in [3.63, 3.8) is 0 Å². The van der Waals surface area contributed by atoms with Crippen molar-refractivity contribution in [2.75, 3.05) is 13.2 Å². The van der Waals surface area contributed by atoms with E-state index in [9.17, 15) is 4.39 Å². The molecule has 0 aliphatic carbocycles. The van der Waals surface area contributed by atoms with Crippen molar-refractivity contribution >= 4 is 0 Å². The summed E-state index contributed by atoms with van der Waals surface area (Å²) in [5.41, 5.74) is 1.97. The third kappa shape index (κ3) is 3.39. The highest BCUT2D eigenvalue weighted by atomic mass is 19.1. The van der Waals surface area contributed by atoms with Gasteiger partial charge in [-0.2, -0.15) is 5.10 Å². The summed E-state index contributed by atoms with van der Waals surface area (Å²) in [7, 11) is 0. The molecule has 7 nitrogen and oxygen atoms in total. The van der Waals surface area contributed by atoms with Crippen molar-refractivity contribution in [1.29, 1.82) is 0 Å². The lowest BCUT2D eigenvalue weighted by Gasteiger charge is -2.33. The van der Waals surface area contributed by atoms with E-state index in [1.54, 1.807) is 6.20 Å². The number of fused-ring (bicyclic) bond motifs is 1. The topological polar surface area (TPSA) is 69.2 Å². The highest BCUT2D eigenvalue weighted by Crippen LogP contribution is 2.23. The first kappa shape index (κ1) is 15.8. The van der Waals surface area contributed by atoms with Crippen LogP contribution in [-0.2, 0) is 13.1 Å². The average molecular weight is 343 g/mol. The molecule has 25 heavy (non-hydrogen) atoms. The standard InChI is InChI=1S/C17H18FN5O2/c1-12-7-13(21-25-12)8-22-9-14-4-6-20-23(14)15(10-22)11-24-17-16(18)3-2-5-19-17/h2-7,15H,8-11H2,1H3. The molecule has 8 heteroatoms. The van der Waals surface area contributed by atoms with Gasteiger partial charge in [0.25, 0.3) is 0 Å². The number of aryl methyl sites for hydroxylation is 1. The quantitative estimate of drug-likeness (QED) is 0.708. The monoisotopic (exact) mass is 343 g/mol. The smallest absolute Gasteiger partial charge is 0.250 e. The van der Waals surface area contributed by atoms with Crippen LogP contribution in [0, 0.1) is 12.7 Å².